The van der Waals surface area contributed by atoms with Gasteiger partial charge in [0.2, 0.25) is 10.0 Å². The molecule has 5 amide bonds. The average Bonchev–Trinajstić information content (AvgIpc) is 3.73. The summed E-state index contributed by atoms with van der Waals surface area (Å²) in [5, 5.41) is 23.1. The summed E-state index contributed by atoms with van der Waals surface area (Å²) in [4.78, 5) is 70.5. The number of amides is 5. The Morgan fingerprint density at radius 1 is 0.704 bits per heavy atom. The molecule has 0 unspecified atom stereocenters. The minimum atomic E-state index is -5.43. The second kappa shape index (κ2) is 19.2. The number of methoxy groups -OCH3 is 3. The predicted octanol–water partition coefficient (Wildman–Crippen LogP) is 7.76. The van der Waals surface area contributed by atoms with Crippen LogP contribution < -0.4 is 19.5 Å². The van der Waals surface area contributed by atoms with Crippen molar-refractivity contribution >= 4 is 89.1 Å². The first kappa shape index (κ1) is 49.7. The Hall–Kier alpha value is -7.76. The van der Waals surface area contributed by atoms with Gasteiger partial charge in [0.15, 0.2) is 5.75 Å². The predicted molar refractivity (Wildman–Crippen MR) is 257 cm³/mol. The number of hydrogen-bond donors (Lipinski definition) is 3. The maximum Gasteiger partial charge on any atom is 0.294 e. The van der Waals surface area contributed by atoms with E-state index in [0.717, 1.165) is 23.1 Å². The normalized spacial score (nSPS) is 13.7. The molecule has 0 saturated heterocycles. The molecule has 2 aliphatic rings. The van der Waals surface area contributed by atoms with Gasteiger partial charge in [-0.3, -0.25) is 38.3 Å². The van der Waals surface area contributed by atoms with E-state index in [2.05, 4.69) is 15.5 Å². The Labute approximate surface area is 410 Å². The van der Waals surface area contributed by atoms with Crippen molar-refractivity contribution in [2.24, 2.45) is 10.2 Å². The molecule has 0 aromatic heterocycles. The van der Waals surface area contributed by atoms with Gasteiger partial charge in [0.1, 0.15) is 28.6 Å². The number of hydrogen-bond acceptors (Lipinski definition) is 15. The summed E-state index contributed by atoms with van der Waals surface area (Å²) in [5.41, 5.74) is -2.37. The molecule has 6 aromatic carbocycles. The van der Waals surface area contributed by atoms with Gasteiger partial charge in [-0.2, -0.15) is 12.7 Å². The number of sulfonamides is 1. The number of carbonyl (C=O) groups excluding carboxylic acids is 5. The lowest BCUT2D eigenvalue weighted by atomic mass is 9.93. The van der Waals surface area contributed by atoms with Gasteiger partial charge in [-0.15, -0.1) is 10.2 Å². The zero-order valence-electron chi connectivity index (χ0n) is 38.2. The van der Waals surface area contributed by atoms with Crippen molar-refractivity contribution in [3.05, 3.63) is 135 Å². The maximum atomic E-state index is 14.6. The number of azo groups is 1. The number of phenolic OH excluding ortho intramolecular Hbond substituents is 1. The number of phenols is 1. The molecule has 0 spiro atoms. The standard InChI is InChI=1S/C48H41ClN6O14S2/c1-6-53(7-2)70(62,63)26-16-17-37(67-3)36(19-26)51-52-42-41-31(20-32(43(42)56)44(57)50-35-21-34(49)38(68-4)22-39(35)69-5)25(23-54-45(58)27-12-8-9-13-28(27)46(54)59)18-40(71(64,65)66)33(41)24-55-47(60)29-14-10-11-15-30(29)48(55)61/h8-22,56H,6-7,23-24H2,1-5H3,(H,50,57)(H,64,65,66). The Balaban J connectivity index is 1.45. The second-order valence-electron chi connectivity index (χ2n) is 15.8. The fourth-order valence-electron chi connectivity index (χ4n) is 8.42. The number of halogens is 1. The third-order valence-electron chi connectivity index (χ3n) is 11.9. The van der Waals surface area contributed by atoms with E-state index in [9.17, 15) is 50.5 Å². The van der Waals surface area contributed by atoms with Crippen molar-refractivity contribution < 1.29 is 64.7 Å². The van der Waals surface area contributed by atoms with E-state index in [1.54, 1.807) is 13.8 Å². The Morgan fingerprint density at radius 3 is 1.75 bits per heavy atom. The van der Waals surface area contributed by atoms with Gasteiger partial charge < -0.3 is 24.6 Å². The van der Waals surface area contributed by atoms with Crippen LogP contribution in [0, 0.1) is 0 Å². The molecule has 0 aliphatic carbocycles. The number of aromatic hydroxyl groups is 1. The average molecular weight is 1030 g/mol. The van der Waals surface area contributed by atoms with Gasteiger partial charge in [0.05, 0.1) is 82.7 Å². The molecule has 8 rings (SSSR count). The topological polar surface area (TPSA) is 268 Å². The highest BCUT2D eigenvalue weighted by molar-refractivity contribution is 7.89. The SMILES string of the molecule is CCN(CC)S(=O)(=O)c1ccc(OC)c(N=Nc2c(O)c(C(=O)Nc3cc(Cl)c(OC)cc3OC)cc3c(CN4C(=O)c5ccccc5C4=O)cc(S(=O)(=O)O)c(CN4C(=O)c5ccccc5C4=O)c23)c1. The van der Waals surface area contributed by atoms with Gasteiger partial charge in [0, 0.05) is 30.1 Å². The van der Waals surface area contributed by atoms with E-state index in [1.165, 1.54) is 98.4 Å². The van der Waals surface area contributed by atoms with Crippen LogP contribution in [0.1, 0.15) is 76.8 Å². The number of anilines is 1. The summed E-state index contributed by atoms with van der Waals surface area (Å²) in [7, 11) is -5.65. The first-order valence-electron chi connectivity index (χ1n) is 21.3. The second-order valence-corrected chi connectivity index (χ2v) is 19.5. The third kappa shape index (κ3) is 8.80. The van der Waals surface area contributed by atoms with Gasteiger partial charge in [-0.25, -0.2) is 8.42 Å². The summed E-state index contributed by atoms with van der Waals surface area (Å²) in [6.07, 6.45) is 0. The number of ether oxygens (including phenoxy) is 3. The lowest BCUT2D eigenvalue weighted by Crippen LogP contribution is -2.31. The zero-order valence-corrected chi connectivity index (χ0v) is 40.6. The lowest BCUT2D eigenvalue weighted by Gasteiger charge is -2.23. The molecule has 366 valence electrons. The van der Waals surface area contributed by atoms with Crippen LogP contribution in [0.25, 0.3) is 10.8 Å². The zero-order chi connectivity index (χ0) is 51.3. The van der Waals surface area contributed by atoms with Gasteiger partial charge >= 0.3 is 0 Å². The summed E-state index contributed by atoms with van der Waals surface area (Å²) in [5.74, 6) is -5.17. The minimum absolute atomic E-state index is 0.0255. The Kier molecular flexibility index (Phi) is 13.4. The monoisotopic (exact) mass is 1020 g/mol. The molecule has 2 aliphatic heterocycles. The summed E-state index contributed by atoms with van der Waals surface area (Å²) < 4.78 is 83.2. The van der Waals surface area contributed by atoms with E-state index in [1.807, 2.05) is 0 Å². The highest BCUT2D eigenvalue weighted by Crippen LogP contribution is 2.47. The van der Waals surface area contributed by atoms with Gasteiger partial charge in [-0.1, -0.05) is 49.7 Å². The molecule has 71 heavy (non-hydrogen) atoms. The fourth-order valence-corrected chi connectivity index (χ4v) is 10.9. The Morgan fingerprint density at radius 2 is 1.24 bits per heavy atom. The molecule has 3 N–H and O–H groups in total. The number of nitrogens with zero attached hydrogens (tertiary/aromatic N) is 5. The van der Waals surface area contributed by atoms with Crippen molar-refractivity contribution in [2.45, 2.75) is 36.7 Å². The van der Waals surface area contributed by atoms with Crippen LogP contribution in [0.3, 0.4) is 0 Å². The van der Waals surface area contributed by atoms with Gasteiger partial charge in [0.25, 0.3) is 39.7 Å². The lowest BCUT2D eigenvalue weighted by molar-refractivity contribution is 0.0625. The number of rotatable bonds is 16. The van der Waals surface area contributed by atoms with Crippen LogP contribution >= 0.6 is 11.6 Å². The van der Waals surface area contributed by atoms with E-state index >= 15 is 0 Å². The van der Waals surface area contributed by atoms with E-state index in [4.69, 9.17) is 25.8 Å². The molecule has 23 heteroatoms. The van der Waals surface area contributed by atoms with Crippen LogP contribution in [-0.4, -0.2) is 105 Å². The van der Waals surface area contributed by atoms with Gasteiger partial charge in [-0.05, 0) is 71.6 Å². The Bertz CT molecular complexity index is 3480. The minimum Gasteiger partial charge on any atom is -0.505 e. The third-order valence-corrected chi connectivity index (χ3v) is 15.2. The summed E-state index contributed by atoms with van der Waals surface area (Å²) >= 11 is 6.43. The van der Waals surface area contributed by atoms with E-state index < -0.39 is 95.6 Å². The van der Waals surface area contributed by atoms with Crippen molar-refractivity contribution in [3.63, 3.8) is 0 Å². The van der Waals surface area contributed by atoms with Crippen LogP contribution in [0.2, 0.25) is 5.02 Å². The first-order valence-corrected chi connectivity index (χ1v) is 24.6. The fraction of sp³-hybridized carbons (Fsp3) is 0.188. The molecule has 0 saturated carbocycles. The highest BCUT2D eigenvalue weighted by Gasteiger charge is 2.40. The number of carbonyl (C=O) groups is 5. The number of imide groups is 2. The van der Waals surface area contributed by atoms with Crippen LogP contribution in [0.4, 0.5) is 17.1 Å². The van der Waals surface area contributed by atoms with Crippen molar-refractivity contribution in [1.82, 2.24) is 14.1 Å². The molecule has 0 radical (unpaired) electrons. The number of fused-ring (bicyclic) bond motifs is 3. The molecule has 2 heterocycles. The molecule has 20 nitrogen and oxygen atoms in total. The molecule has 0 atom stereocenters. The maximum absolute atomic E-state index is 14.6. The molecule has 0 bridgehead atoms. The molecule has 6 aromatic rings. The largest absolute Gasteiger partial charge is 0.505 e. The first-order chi connectivity index (χ1) is 33.8. The summed E-state index contributed by atoms with van der Waals surface area (Å²) in [6, 6.07) is 20.0. The molecular formula is C48H41ClN6O14S2. The van der Waals surface area contributed by atoms with Crippen LogP contribution in [0.5, 0.6) is 23.0 Å². The van der Waals surface area contributed by atoms with Crippen molar-refractivity contribution in [2.75, 3.05) is 39.7 Å². The summed E-state index contributed by atoms with van der Waals surface area (Å²) in [6.45, 7) is 1.87. The quantitative estimate of drug-likeness (QED) is 0.0475. The highest BCUT2D eigenvalue weighted by atomic mass is 35.5. The molecular weight excluding hydrogens is 984 g/mol. The van der Waals surface area contributed by atoms with Crippen molar-refractivity contribution in [1.29, 1.82) is 0 Å². The van der Waals surface area contributed by atoms with Crippen LogP contribution in [0.15, 0.2) is 111 Å². The number of nitrogens with one attached hydrogen (secondary N) is 1. The molecule has 0 fully saturated rings. The van der Waals surface area contributed by atoms with E-state index in [0.29, 0.717) is 4.90 Å². The van der Waals surface area contributed by atoms with Crippen LogP contribution in [-0.2, 0) is 33.2 Å². The van der Waals surface area contributed by atoms with Crippen molar-refractivity contribution in [3.8, 4) is 23.0 Å². The van der Waals surface area contributed by atoms with E-state index in [-0.39, 0.29) is 84.8 Å². The number of benzene rings is 6. The smallest absolute Gasteiger partial charge is 0.294 e.